The highest BCUT2D eigenvalue weighted by molar-refractivity contribution is 5.77. The molecule has 4 nitrogen and oxygen atoms in total. The maximum Gasteiger partial charge on any atom is 0.223 e. The van der Waals surface area contributed by atoms with E-state index in [1.54, 1.807) is 0 Å². The molecule has 1 unspecified atom stereocenters. The molecule has 2 rings (SSSR count). The van der Waals surface area contributed by atoms with E-state index >= 15 is 0 Å². The maximum absolute atomic E-state index is 12.4. The Bertz CT molecular complexity index is 461. The minimum Gasteiger partial charge on any atom is -0.494 e. The smallest absolute Gasteiger partial charge is 0.223 e. The third kappa shape index (κ3) is 4.21. The van der Waals surface area contributed by atoms with E-state index in [1.807, 2.05) is 36.1 Å². The lowest BCUT2D eigenvalue weighted by molar-refractivity contribution is -0.135. The number of aliphatic hydroxyl groups is 1. The van der Waals surface area contributed by atoms with E-state index in [1.165, 1.54) is 0 Å². The zero-order valence-corrected chi connectivity index (χ0v) is 12.8. The lowest BCUT2D eigenvalue weighted by Crippen LogP contribution is -2.45. The number of amides is 1. The first kappa shape index (κ1) is 15.8. The van der Waals surface area contributed by atoms with Crippen LogP contribution in [0.1, 0.15) is 38.2 Å². The van der Waals surface area contributed by atoms with Gasteiger partial charge in [-0.15, -0.1) is 0 Å². The predicted molar refractivity (Wildman–Crippen MR) is 82.4 cm³/mol. The van der Waals surface area contributed by atoms with Crippen LogP contribution >= 0.6 is 0 Å². The number of aryl methyl sites for hydroxylation is 1. The SMILES string of the molecule is CCOc1ccccc1CCC(=O)N1CCCCC1CO. The van der Waals surface area contributed by atoms with Crippen molar-refractivity contribution in [3.05, 3.63) is 29.8 Å². The van der Waals surface area contributed by atoms with Gasteiger partial charge < -0.3 is 14.7 Å². The Morgan fingerprint density at radius 3 is 2.95 bits per heavy atom. The second kappa shape index (κ2) is 8.03. The Kier molecular flexibility index (Phi) is 6.05. The van der Waals surface area contributed by atoms with Crippen molar-refractivity contribution in [2.45, 2.75) is 45.1 Å². The van der Waals surface area contributed by atoms with Crippen LogP contribution in [0.4, 0.5) is 0 Å². The molecule has 1 atom stereocenters. The molecule has 1 fully saturated rings. The summed E-state index contributed by atoms with van der Waals surface area (Å²) in [6.07, 6.45) is 4.21. The summed E-state index contributed by atoms with van der Waals surface area (Å²) in [6, 6.07) is 7.88. The Morgan fingerprint density at radius 1 is 1.38 bits per heavy atom. The van der Waals surface area contributed by atoms with Gasteiger partial charge in [0.05, 0.1) is 19.3 Å². The molecule has 1 saturated heterocycles. The van der Waals surface area contributed by atoms with Crippen LogP contribution in [0, 0.1) is 0 Å². The van der Waals surface area contributed by atoms with Crippen molar-refractivity contribution in [2.24, 2.45) is 0 Å². The number of hydrogen-bond acceptors (Lipinski definition) is 3. The number of carbonyl (C=O) groups excluding carboxylic acids is 1. The minimum atomic E-state index is 0.00776. The highest BCUT2D eigenvalue weighted by Crippen LogP contribution is 2.22. The quantitative estimate of drug-likeness (QED) is 0.875. The lowest BCUT2D eigenvalue weighted by Gasteiger charge is -2.34. The second-order valence-electron chi connectivity index (χ2n) is 5.46. The highest BCUT2D eigenvalue weighted by Gasteiger charge is 2.25. The summed E-state index contributed by atoms with van der Waals surface area (Å²) in [5.74, 6) is 1.00. The molecule has 1 aromatic rings. The Morgan fingerprint density at radius 2 is 2.19 bits per heavy atom. The zero-order valence-electron chi connectivity index (χ0n) is 12.8. The Balaban J connectivity index is 1.94. The van der Waals surface area contributed by atoms with Gasteiger partial charge >= 0.3 is 0 Å². The molecular weight excluding hydrogens is 266 g/mol. The third-order valence-corrected chi connectivity index (χ3v) is 4.04. The molecule has 0 aromatic heterocycles. The van der Waals surface area contributed by atoms with E-state index < -0.39 is 0 Å². The zero-order chi connectivity index (χ0) is 15.1. The van der Waals surface area contributed by atoms with Crippen molar-refractivity contribution in [1.29, 1.82) is 0 Å². The van der Waals surface area contributed by atoms with Gasteiger partial charge in [0.15, 0.2) is 0 Å². The Labute approximate surface area is 126 Å². The molecule has 1 aliphatic rings. The maximum atomic E-state index is 12.4. The summed E-state index contributed by atoms with van der Waals surface area (Å²) < 4.78 is 5.59. The Hall–Kier alpha value is -1.55. The average molecular weight is 291 g/mol. The van der Waals surface area contributed by atoms with Crippen molar-refractivity contribution in [3.8, 4) is 5.75 Å². The summed E-state index contributed by atoms with van der Waals surface area (Å²) in [5.41, 5.74) is 1.07. The minimum absolute atomic E-state index is 0.00776. The number of benzene rings is 1. The summed E-state index contributed by atoms with van der Waals surface area (Å²) in [4.78, 5) is 14.2. The van der Waals surface area contributed by atoms with E-state index in [4.69, 9.17) is 4.74 Å². The number of para-hydroxylation sites is 1. The fourth-order valence-corrected chi connectivity index (χ4v) is 2.91. The first-order valence-electron chi connectivity index (χ1n) is 7.87. The molecule has 0 radical (unpaired) electrons. The van der Waals surface area contributed by atoms with Crippen molar-refractivity contribution < 1.29 is 14.6 Å². The fraction of sp³-hybridized carbons (Fsp3) is 0.588. The molecule has 116 valence electrons. The van der Waals surface area contributed by atoms with Gasteiger partial charge in [-0.05, 0) is 44.2 Å². The number of aliphatic hydroxyl groups excluding tert-OH is 1. The molecule has 0 saturated carbocycles. The van der Waals surface area contributed by atoms with Gasteiger partial charge in [-0.1, -0.05) is 18.2 Å². The van der Waals surface area contributed by atoms with Crippen LogP contribution in [-0.2, 0) is 11.2 Å². The third-order valence-electron chi connectivity index (χ3n) is 4.04. The number of carbonyl (C=O) groups is 1. The first-order chi connectivity index (χ1) is 10.3. The molecule has 0 aliphatic carbocycles. The van der Waals surface area contributed by atoms with E-state index in [0.717, 1.165) is 37.1 Å². The second-order valence-corrected chi connectivity index (χ2v) is 5.46. The molecule has 4 heteroatoms. The summed E-state index contributed by atoms with van der Waals surface area (Å²) in [5, 5.41) is 9.40. The molecule has 21 heavy (non-hydrogen) atoms. The highest BCUT2D eigenvalue weighted by atomic mass is 16.5. The van der Waals surface area contributed by atoms with Gasteiger partial charge in [0, 0.05) is 13.0 Å². The molecule has 1 aromatic carbocycles. The molecule has 1 heterocycles. The van der Waals surface area contributed by atoms with E-state index in [2.05, 4.69) is 0 Å². The van der Waals surface area contributed by atoms with Crippen LogP contribution in [0.2, 0.25) is 0 Å². The molecule has 1 aliphatic heterocycles. The van der Waals surface area contributed by atoms with E-state index in [0.29, 0.717) is 19.4 Å². The average Bonchev–Trinajstić information content (AvgIpc) is 2.54. The number of piperidine rings is 1. The van der Waals surface area contributed by atoms with Crippen molar-refractivity contribution in [1.82, 2.24) is 4.90 Å². The van der Waals surface area contributed by atoms with Crippen LogP contribution in [0.5, 0.6) is 5.75 Å². The number of nitrogens with zero attached hydrogens (tertiary/aromatic N) is 1. The van der Waals surface area contributed by atoms with Gasteiger partial charge in [0.1, 0.15) is 5.75 Å². The first-order valence-corrected chi connectivity index (χ1v) is 7.87. The number of ether oxygens (including phenoxy) is 1. The van der Waals surface area contributed by atoms with E-state index in [-0.39, 0.29) is 18.6 Å². The monoisotopic (exact) mass is 291 g/mol. The number of rotatable bonds is 6. The predicted octanol–water partition coefficient (Wildman–Crippen LogP) is 2.39. The van der Waals surface area contributed by atoms with Crippen LogP contribution < -0.4 is 4.74 Å². The van der Waals surface area contributed by atoms with Crippen LogP contribution in [0.15, 0.2) is 24.3 Å². The van der Waals surface area contributed by atoms with Gasteiger partial charge in [-0.3, -0.25) is 4.79 Å². The van der Waals surface area contributed by atoms with Crippen LogP contribution in [0.3, 0.4) is 0 Å². The van der Waals surface area contributed by atoms with E-state index in [9.17, 15) is 9.90 Å². The van der Waals surface area contributed by atoms with Gasteiger partial charge in [0.2, 0.25) is 5.91 Å². The topological polar surface area (TPSA) is 49.8 Å². The summed E-state index contributed by atoms with van der Waals surface area (Å²) in [7, 11) is 0. The lowest BCUT2D eigenvalue weighted by atomic mass is 10.0. The van der Waals surface area contributed by atoms with Gasteiger partial charge in [0.25, 0.3) is 0 Å². The van der Waals surface area contributed by atoms with Crippen LogP contribution in [0.25, 0.3) is 0 Å². The number of hydrogen-bond donors (Lipinski definition) is 1. The fourth-order valence-electron chi connectivity index (χ4n) is 2.91. The number of likely N-dealkylation sites (tertiary alicyclic amines) is 1. The van der Waals surface area contributed by atoms with Crippen molar-refractivity contribution in [3.63, 3.8) is 0 Å². The normalized spacial score (nSPS) is 18.6. The molecule has 1 amide bonds. The van der Waals surface area contributed by atoms with Gasteiger partial charge in [-0.25, -0.2) is 0 Å². The molecular formula is C17H25NO3. The van der Waals surface area contributed by atoms with Gasteiger partial charge in [-0.2, -0.15) is 0 Å². The standard InChI is InChI=1S/C17H25NO3/c1-2-21-16-9-4-3-7-14(16)10-11-17(20)18-12-6-5-8-15(18)13-19/h3-4,7,9,15,19H,2,5-6,8,10-13H2,1H3. The van der Waals surface area contributed by atoms with Crippen molar-refractivity contribution >= 4 is 5.91 Å². The van der Waals surface area contributed by atoms with Crippen molar-refractivity contribution in [2.75, 3.05) is 19.8 Å². The summed E-state index contributed by atoms with van der Waals surface area (Å²) in [6.45, 7) is 3.43. The molecule has 0 spiro atoms. The largest absolute Gasteiger partial charge is 0.494 e. The molecule has 0 bridgehead atoms. The summed E-state index contributed by atoms with van der Waals surface area (Å²) >= 11 is 0. The van der Waals surface area contributed by atoms with Crippen LogP contribution in [-0.4, -0.2) is 41.7 Å². The molecule has 1 N–H and O–H groups in total.